The number of nitriles is 1. The van der Waals surface area contributed by atoms with Gasteiger partial charge in [-0.1, -0.05) is 50.1 Å². The minimum atomic E-state index is -0.481. The molecule has 33 heavy (non-hydrogen) atoms. The topological polar surface area (TPSA) is 87.6 Å². The van der Waals surface area contributed by atoms with Gasteiger partial charge in [0.2, 0.25) is 0 Å². The maximum atomic E-state index is 12.5. The van der Waals surface area contributed by atoms with Crippen molar-refractivity contribution in [3.63, 3.8) is 0 Å². The molecule has 1 N–H and O–H groups in total. The van der Waals surface area contributed by atoms with E-state index in [1.165, 1.54) is 6.21 Å². The summed E-state index contributed by atoms with van der Waals surface area (Å²) in [6, 6.07) is 20.2. The molecule has 4 aromatic rings. The number of fused-ring (bicyclic) bond motifs is 1. The quantitative estimate of drug-likeness (QED) is 0.185. The van der Waals surface area contributed by atoms with Gasteiger partial charge in [-0.2, -0.15) is 10.4 Å². The minimum absolute atomic E-state index is 0.139. The maximum Gasteiger partial charge on any atom is 0.307 e. The first kappa shape index (κ1) is 23.2. The predicted molar refractivity (Wildman–Crippen MR) is 136 cm³/mol. The molecule has 6 nitrogen and oxygen atoms in total. The van der Waals surface area contributed by atoms with E-state index in [0.717, 1.165) is 24.4 Å². The molecule has 0 bridgehead atoms. The van der Waals surface area contributed by atoms with Gasteiger partial charge in [-0.05, 0) is 58.4 Å². The summed E-state index contributed by atoms with van der Waals surface area (Å²) < 4.78 is 14.0. The van der Waals surface area contributed by atoms with E-state index in [4.69, 9.17) is 9.15 Å². The first-order valence-corrected chi connectivity index (χ1v) is 11.9. The van der Waals surface area contributed by atoms with Gasteiger partial charge in [-0.25, -0.2) is 5.43 Å². The average molecular weight is 632 g/mol. The second-order valence-corrected chi connectivity index (χ2v) is 9.54. The lowest BCUT2D eigenvalue weighted by atomic mass is 10.1. The van der Waals surface area contributed by atoms with Crippen LogP contribution in [0.1, 0.15) is 27.2 Å². The fraction of sp³-hybridized carbons (Fsp3) is 0.0417. The van der Waals surface area contributed by atoms with Crippen LogP contribution >= 0.6 is 47.8 Å². The Morgan fingerprint density at radius 2 is 1.91 bits per heavy atom. The molecule has 0 spiro atoms. The van der Waals surface area contributed by atoms with E-state index < -0.39 is 5.91 Å². The SMILES string of the molecule is N#Cc1ccccc1COc1ccc(Br)cc1/C=N\NC(=O)c1cc2cc(Br)cc(Br)c2o1. The van der Waals surface area contributed by atoms with Crippen LogP contribution in [0.2, 0.25) is 0 Å². The van der Waals surface area contributed by atoms with Crippen molar-refractivity contribution in [2.45, 2.75) is 6.61 Å². The zero-order chi connectivity index (χ0) is 23.4. The Balaban J connectivity index is 1.49. The molecule has 0 aliphatic rings. The molecule has 9 heteroatoms. The van der Waals surface area contributed by atoms with Crippen LogP contribution < -0.4 is 10.2 Å². The van der Waals surface area contributed by atoms with Crippen LogP contribution in [-0.2, 0) is 6.61 Å². The molecule has 0 radical (unpaired) electrons. The summed E-state index contributed by atoms with van der Waals surface area (Å²) in [5.74, 6) is 0.215. The predicted octanol–water partition coefficient (Wildman–Crippen LogP) is 6.93. The molecular formula is C24H14Br3N3O3. The number of hydrogen-bond acceptors (Lipinski definition) is 5. The number of halogens is 3. The molecule has 0 saturated carbocycles. The molecule has 0 saturated heterocycles. The number of furan rings is 1. The largest absolute Gasteiger partial charge is 0.488 e. The zero-order valence-electron chi connectivity index (χ0n) is 16.8. The van der Waals surface area contributed by atoms with E-state index in [1.54, 1.807) is 18.2 Å². The number of ether oxygens (including phenoxy) is 1. The summed E-state index contributed by atoms with van der Waals surface area (Å²) in [4.78, 5) is 12.5. The molecule has 0 aliphatic carbocycles. The van der Waals surface area contributed by atoms with Crippen LogP contribution in [0.5, 0.6) is 5.75 Å². The number of nitrogens with zero attached hydrogens (tertiary/aromatic N) is 2. The molecule has 0 unspecified atom stereocenters. The van der Waals surface area contributed by atoms with Crippen molar-refractivity contribution in [2.24, 2.45) is 5.10 Å². The highest BCUT2D eigenvalue weighted by atomic mass is 79.9. The Morgan fingerprint density at radius 3 is 2.73 bits per heavy atom. The molecule has 1 heterocycles. The highest BCUT2D eigenvalue weighted by Gasteiger charge is 2.14. The summed E-state index contributed by atoms with van der Waals surface area (Å²) in [6.45, 7) is 0.224. The Bertz CT molecular complexity index is 1420. The molecule has 164 valence electrons. The van der Waals surface area contributed by atoms with Gasteiger partial charge < -0.3 is 9.15 Å². The maximum absolute atomic E-state index is 12.5. The fourth-order valence-corrected chi connectivity index (χ4v) is 4.78. The highest BCUT2D eigenvalue weighted by Crippen LogP contribution is 2.31. The van der Waals surface area contributed by atoms with E-state index >= 15 is 0 Å². The third kappa shape index (κ3) is 5.53. The van der Waals surface area contributed by atoms with Gasteiger partial charge in [0.15, 0.2) is 5.76 Å². The second kappa shape index (κ2) is 10.3. The number of amides is 1. The van der Waals surface area contributed by atoms with Gasteiger partial charge in [-0.3, -0.25) is 4.79 Å². The molecular weight excluding hydrogens is 618 g/mol. The Morgan fingerprint density at radius 1 is 1.09 bits per heavy atom. The number of nitrogens with one attached hydrogen (secondary N) is 1. The summed E-state index contributed by atoms with van der Waals surface area (Å²) in [6.07, 6.45) is 1.49. The zero-order valence-corrected chi connectivity index (χ0v) is 21.6. The van der Waals surface area contributed by atoms with Gasteiger partial charge in [0.25, 0.3) is 0 Å². The normalized spacial score (nSPS) is 11.0. The van der Waals surface area contributed by atoms with Crippen LogP contribution in [0.15, 0.2) is 83.6 Å². The lowest BCUT2D eigenvalue weighted by molar-refractivity contribution is 0.0929. The Hall–Kier alpha value is -2.93. The number of hydrogen-bond donors (Lipinski definition) is 1. The molecule has 4 rings (SSSR count). The summed E-state index contributed by atoms with van der Waals surface area (Å²) in [7, 11) is 0. The number of carbonyl (C=O) groups is 1. The van der Waals surface area contributed by atoms with Crippen molar-refractivity contribution < 1.29 is 13.9 Å². The smallest absolute Gasteiger partial charge is 0.307 e. The first-order chi connectivity index (χ1) is 15.9. The van der Waals surface area contributed by atoms with E-state index in [2.05, 4.69) is 64.4 Å². The van der Waals surface area contributed by atoms with E-state index in [9.17, 15) is 10.1 Å². The summed E-state index contributed by atoms with van der Waals surface area (Å²) in [5, 5.41) is 14.1. The minimum Gasteiger partial charge on any atom is -0.488 e. The van der Waals surface area contributed by atoms with Crippen molar-refractivity contribution in [1.29, 1.82) is 5.26 Å². The van der Waals surface area contributed by atoms with E-state index in [0.29, 0.717) is 22.5 Å². The Kier molecular flexibility index (Phi) is 7.28. The van der Waals surface area contributed by atoms with Gasteiger partial charge in [0, 0.05) is 25.5 Å². The number of benzene rings is 3. The molecule has 3 aromatic carbocycles. The fourth-order valence-electron chi connectivity index (χ4n) is 3.07. The third-order valence-corrected chi connectivity index (χ3v) is 6.16. The van der Waals surface area contributed by atoms with Crippen molar-refractivity contribution in [1.82, 2.24) is 5.43 Å². The van der Waals surface area contributed by atoms with E-state index in [1.807, 2.05) is 42.5 Å². The summed E-state index contributed by atoms with van der Waals surface area (Å²) in [5.41, 5.74) is 5.04. The van der Waals surface area contributed by atoms with Crippen LogP contribution in [0.4, 0.5) is 0 Å². The van der Waals surface area contributed by atoms with Crippen LogP contribution in [0.3, 0.4) is 0 Å². The number of rotatable bonds is 6. The van der Waals surface area contributed by atoms with Gasteiger partial charge in [0.1, 0.15) is 17.9 Å². The first-order valence-electron chi connectivity index (χ1n) is 9.57. The monoisotopic (exact) mass is 629 g/mol. The molecule has 0 fully saturated rings. The van der Waals surface area contributed by atoms with Crippen LogP contribution in [-0.4, -0.2) is 12.1 Å². The van der Waals surface area contributed by atoms with Crippen molar-refractivity contribution >= 4 is 70.9 Å². The van der Waals surface area contributed by atoms with Gasteiger partial charge in [-0.15, -0.1) is 0 Å². The third-order valence-electron chi connectivity index (χ3n) is 4.62. The average Bonchev–Trinajstić information content (AvgIpc) is 3.23. The number of hydrazone groups is 1. The number of carbonyl (C=O) groups excluding carboxylic acids is 1. The van der Waals surface area contributed by atoms with Crippen LogP contribution in [0.25, 0.3) is 11.0 Å². The molecule has 0 atom stereocenters. The van der Waals surface area contributed by atoms with Gasteiger partial charge >= 0.3 is 5.91 Å². The van der Waals surface area contributed by atoms with Crippen LogP contribution in [0, 0.1) is 11.3 Å². The lowest BCUT2D eigenvalue weighted by Crippen LogP contribution is -2.16. The van der Waals surface area contributed by atoms with Crippen molar-refractivity contribution in [3.8, 4) is 11.8 Å². The summed E-state index contributed by atoms with van der Waals surface area (Å²) >= 11 is 10.3. The second-order valence-electron chi connectivity index (χ2n) is 6.86. The molecule has 1 amide bonds. The standard InChI is InChI=1S/C24H14Br3N3O3/c25-18-5-6-21(32-13-15-4-2-1-3-14(15)11-28)17(8-18)12-29-30-24(31)22-9-16-7-19(26)10-20(27)23(16)33-22/h1-10,12H,13H2,(H,30,31)/b29-12-. The van der Waals surface area contributed by atoms with Crippen molar-refractivity contribution in [2.75, 3.05) is 0 Å². The lowest BCUT2D eigenvalue weighted by Gasteiger charge is -2.10. The Labute approximate surface area is 214 Å². The molecule has 0 aliphatic heterocycles. The molecule has 1 aromatic heterocycles. The van der Waals surface area contributed by atoms with E-state index in [-0.39, 0.29) is 12.4 Å². The van der Waals surface area contributed by atoms with Crippen molar-refractivity contribution in [3.05, 3.63) is 96.5 Å². The highest BCUT2D eigenvalue weighted by molar-refractivity contribution is 9.11. The van der Waals surface area contributed by atoms with Gasteiger partial charge in [0.05, 0.1) is 22.3 Å².